The van der Waals surface area contributed by atoms with E-state index in [2.05, 4.69) is 25.7 Å². The molecule has 0 radical (unpaired) electrons. The van der Waals surface area contributed by atoms with Gasteiger partial charge in [0.05, 0.1) is 0 Å². The van der Waals surface area contributed by atoms with Crippen LogP contribution >= 0.6 is 0 Å². The van der Waals surface area contributed by atoms with E-state index < -0.39 is 0 Å². The summed E-state index contributed by atoms with van der Waals surface area (Å²) in [5, 5.41) is 0. The summed E-state index contributed by atoms with van der Waals surface area (Å²) in [7, 11) is 0. The van der Waals surface area contributed by atoms with Gasteiger partial charge in [0.1, 0.15) is 0 Å². The van der Waals surface area contributed by atoms with Crippen LogP contribution in [0.2, 0.25) is 0 Å². The summed E-state index contributed by atoms with van der Waals surface area (Å²) < 4.78 is 0. The van der Waals surface area contributed by atoms with Crippen LogP contribution in [0, 0.1) is 17.8 Å². The van der Waals surface area contributed by atoms with Crippen LogP contribution in [-0.2, 0) is 0 Å². The predicted octanol–water partition coefficient (Wildman–Crippen LogP) is 3.65. The Morgan fingerprint density at radius 3 is 2.16 bits per heavy atom. The molecule has 0 aromatic rings. The third-order valence-corrected chi connectivity index (χ3v) is 5.25. The fourth-order valence-corrected chi connectivity index (χ4v) is 3.70. The van der Waals surface area contributed by atoms with Gasteiger partial charge in [-0.3, -0.25) is 4.90 Å². The van der Waals surface area contributed by atoms with E-state index in [4.69, 9.17) is 5.73 Å². The molecule has 0 heterocycles. The lowest BCUT2D eigenvalue weighted by Crippen LogP contribution is -2.48. The highest BCUT2D eigenvalue weighted by molar-refractivity contribution is 4.93. The van der Waals surface area contributed by atoms with E-state index >= 15 is 0 Å². The van der Waals surface area contributed by atoms with Gasteiger partial charge < -0.3 is 5.73 Å². The molecule has 2 aliphatic rings. The molecule has 0 aromatic carbocycles. The molecule has 0 amide bonds. The van der Waals surface area contributed by atoms with Gasteiger partial charge in [-0.15, -0.1) is 0 Å². The second kappa shape index (κ2) is 7.08. The number of nitrogens with zero attached hydrogens (tertiary/aromatic N) is 1. The van der Waals surface area contributed by atoms with Gasteiger partial charge in [-0.1, -0.05) is 33.6 Å². The minimum atomic E-state index is 0.666. The molecule has 0 spiro atoms. The van der Waals surface area contributed by atoms with Crippen molar-refractivity contribution >= 4 is 0 Å². The van der Waals surface area contributed by atoms with Gasteiger partial charge in [0.25, 0.3) is 0 Å². The lowest BCUT2D eigenvalue weighted by molar-refractivity contribution is 0.0997. The molecular weight excluding hydrogens is 232 g/mol. The molecule has 0 saturated heterocycles. The molecule has 0 aliphatic heterocycles. The Bertz CT molecular complexity index is 252. The van der Waals surface area contributed by atoms with Crippen LogP contribution in [0.15, 0.2) is 0 Å². The molecule has 2 aliphatic carbocycles. The zero-order valence-corrected chi connectivity index (χ0v) is 13.3. The normalized spacial score (nSPS) is 30.0. The van der Waals surface area contributed by atoms with Crippen LogP contribution in [0.5, 0.6) is 0 Å². The Morgan fingerprint density at radius 2 is 1.68 bits per heavy atom. The smallest absolute Gasteiger partial charge is 0.0249 e. The van der Waals surface area contributed by atoms with Gasteiger partial charge in [-0.2, -0.15) is 0 Å². The van der Waals surface area contributed by atoms with E-state index in [0.29, 0.717) is 6.04 Å². The Labute approximate surface area is 120 Å². The average Bonchev–Trinajstić information content (AvgIpc) is 3.20. The van der Waals surface area contributed by atoms with E-state index in [-0.39, 0.29) is 0 Å². The second-order valence-electron chi connectivity index (χ2n) is 7.47. The minimum absolute atomic E-state index is 0.666. The third kappa shape index (κ3) is 4.46. The highest BCUT2D eigenvalue weighted by Crippen LogP contribution is 2.36. The summed E-state index contributed by atoms with van der Waals surface area (Å²) in [4.78, 5) is 2.79. The molecule has 19 heavy (non-hydrogen) atoms. The van der Waals surface area contributed by atoms with Crippen molar-refractivity contribution in [2.45, 2.75) is 77.8 Å². The summed E-state index contributed by atoms with van der Waals surface area (Å²) in [5.74, 6) is 2.62. The first-order valence-electron chi connectivity index (χ1n) is 8.57. The fraction of sp³-hybridized carbons (Fsp3) is 1.00. The average molecular weight is 266 g/mol. The fourth-order valence-electron chi connectivity index (χ4n) is 3.70. The summed E-state index contributed by atoms with van der Waals surface area (Å²) in [5.41, 5.74) is 6.17. The van der Waals surface area contributed by atoms with Crippen molar-refractivity contribution < 1.29 is 0 Å². The van der Waals surface area contributed by atoms with Gasteiger partial charge in [-0.25, -0.2) is 0 Å². The molecule has 2 N–H and O–H groups in total. The SMILES string of the molecule is CC(C)CCN(C1CC1)C(CN)C1CCC(C)CC1. The summed E-state index contributed by atoms with van der Waals surface area (Å²) >= 11 is 0. The quantitative estimate of drug-likeness (QED) is 0.762. The van der Waals surface area contributed by atoms with Crippen LogP contribution in [-0.4, -0.2) is 30.1 Å². The number of hydrogen-bond donors (Lipinski definition) is 1. The topological polar surface area (TPSA) is 29.3 Å². The Morgan fingerprint density at radius 1 is 1.05 bits per heavy atom. The van der Waals surface area contributed by atoms with Crippen LogP contribution in [0.1, 0.15) is 65.7 Å². The van der Waals surface area contributed by atoms with Crippen molar-refractivity contribution in [1.82, 2.24) is 4.90 Å². The molecule has 2 fully saturated rings. The molecule has 2 rings (SSSR count). The first-order chi connectivity index (χ1) is 9.11. The van der Waals surface area contributed by atoms with Gasteiger partial charge in [0.2, 0.25) is 0 Å². The number of nitrogens with two attached hydrogens (primary N) is 1. The van der Waals surface area contributed by atoms with Crippen molar-refractivity contribution in [1.29, 1.82) is 0 Å². The largest absolute Gasteiger partial charge is 0.329 e. The molecule has 0 bridgehead atoms. The molecule has 1 unspecified atom stereocenters. The van der Waals surface area contributed by atoms with Crippen LogP contribution in [0.25, 0.3) is 0 Å². The van der Waals surface area contributed by atoms with Gasteiger partial charge >= 0.3 is 0 Å². The molecule has 2 nitrogen and oxygen atoms in total. The van der Waals surface area contributed by atoms with Gasteiger partial charge in [0, 0.05) is 18.6 Å². The molecule has 2 saturated carbocycles. The second-order valence-corrected chi connectivity index (χ2v) is 7.47. The Balaban J connectivity index is 1.92. The van der Waals surface area contributed by atoms with E-state index in [0.717, 1.165) is 30.3 Å². The van der Waals surface area contributed by atoms with E-state index in [1.165, 1.54) is 51.5 Å². The predicted molar refractivity (Wildman–Crippen MR) is 83.1 cm³/mol. The van der Waals surface area contributed by atoms with Crippen molar-refractivity contribution in [3.05, 3.63) is 0 Å². The van der Waals surface area contributed by atoms with Crippen LogP contribution < -0.4 is 5.73 Å². The lowest BCUT2D eigenvalue weighted by atomic mass is 9.78. The third-order valence-electron chi connectivity index (χ3n) is 5.25. The van der Waals surface area contributed by atoms with E-state index in [1.807, 2.05) is 0 Å². The molecule has 112 valence electrons. The van der Waals surface area contributed by atoms with Crippen molar-refractivity contribution in [3.8, 4) is 0 Å². The maximum absolute atomic E-state index is 6.17. The monoisotopic (exact) mass is 266 g/mol. The Kier molecular flexibility index (Phi) is 5.70. The summed E-state index contributed by atoms with van der Waals surface area (Å²) in [6.07, 6.45) is 9.82. The zero-order chi connectivity index (χ0) is 13.8. The first kappa shape index (κ1) is 15.3. The summed E-state index contributed by atoms with van der Waals surface area (Å²) in [6, 6.07) is 1.53. The molecular formula is C17H34N2. The van der Waals surface area contributed by atoms with Gasteiger partial charge in [0.15, 0.2) is 0 Å². The van der Waals surface area contributed by atoms with Crippen LogP contribution in [0.3, 0.4) is 0 Å². The zero-order valence-electron chi connectivity index (χ0n) is 13.3. The van der Waals surface area contributed by atoms with Crippen molar-refractivity contribution in [2.75, 3.05) is 13.1 Å². The standard InChI is InChI=1S/C17H34N2/c1-13(2)10-11-19(16-8-9-16)17(12-18)15-6-4-14(3)5-7-15/h13-17H,4-12,18H2,1-3H3. The Hall–Kier alpha value is -0.0800. The molecule has 0 aromatic heterocycles. The summed E-state index contributed by atoms with van der Waals surface area (Å²) in [6.45, 7) is 9.23. The first-order valence-corrected chi connectivity index (χ1v) is 8.57. The van der Waals surface area contributed by atoms with E-state index in [1.54, 1.807) is 0 Å². The lowest BCUT2D eigenvalue weighted by Gasteiger charge is -2.40. The number of hydrogen-bond acceptors (Lipinski definition) is 2. The maximum Gasteiger partial charge on any atom is 0.0249 e. The van der Waals surface area contributed by atoms with Crippen molar-refractivity contribution in [3.63, 3.8) is 0 Å². The van der Waals surface area contributed by atoms with Crippen molar-refractivity contribution in [2.24, 2.45) is 23.5 Å². The van der Waals surface area contributed by atoms with Crippen LogP contribution in [0.4, 0.5) is 0 Å². The maximum atomic E-state index is 6.17. The van der Waals surface area contributed by atoms with E-state index in [9.17, 15) is 0 Å². The highest BCUT2D eigenvalue weighted by atomic mass is 15.2. The molecule has 2 heteroatoms. The molecule has 1 atom stereocenters. The highest BCUT2D eigenvalue weighted by Gasteiger charge is 2.37. The van der Waals surface area contributed by atoms with Gasteiger partial charge in [-0.05, 0) is 56.4 Å². The number of rotatable bonds is 7. The minimum Gasteiger partial charge on any atom is -0.329 e.